The fraction of sp³-hybridized carbons (Fsp3) is 0.0476. The number of hydrogen-bond donors (Lipinski definition) is 2. The molecule has 2 N–H and O–H groups in total. The minimum absolute atomic E-state index is 0. The molecule has 3 aromatic carbocycles. The third kappa shape index (κ3) is 4.19. The molecule has 3 rings (SSSR count). The molecule has 0 aliphatic heterocycles. The third-order valence-electron chi connectivity index (χ3n) is 4.06. The summed E-state index contributed by atoms with van der Waals surface area (Å²) in [5, 5.41) is 10.0. The molecule has 0 bridgehead atoms. The van der Waals surface area contributed by atoms with Crippen molar-refractivity contribution in [3.05, 3.63) is 95.8 Å². The van der Waals surface area contributed by atoms with Gasteiger partial charge in [-0.25, -0.2) is 10.7 Å². The Labute approximate surface area is 194 Å². The van der Waals surface area contributed by atoms with E-state index in [1.807, 2.05) is 30.6 Å². The van der Waals surface area contributed by atoms with E-state index in [2.05, 4.69) is 11.7 Å². The molecule has 0 saturated carbocycles. The van der Waals surface area contributed by atoms with Gasteiger partial charge in [0.25, 0.3) is 0 Å². The summed E-state index contributed by atoms with van der Waals surface area (Å²) >= 11 is 0. The van der Waals surface area contributed by atoms with Crippen LogP contribution in [0, 0.1) is 11.2 Å². The van der Waals surface area contributed by atoms with E-state index in [1.165, 1.54) is 12.1 Å². The molecule has 5 heteroatoms. The van der Waals surface area contributed by atoms with Gasteiger partial charge < -0.3 is 21.9 Å². The fourth-order valence-electron chi connectivity index (χ4n) is 2.84. The van der Waals surface area contributed by atoms with Crippen LogP contribution in [0.1, 0.15) is 11.1 Å². The van der Waals surface area contributed by atoms with E-state index < -0.39 is 5.54 Å². The van der Waals surface area contributed by atoms with Crippen molar-refractivity contribution in [1.29, 1.82) is 5.41 Å². The Bertz CT molecular complexity index is 901. The van der Waals surface area contributed by atoms with Crippen molar-refractivity contribution >= 4 is 12.6 Å². The van der Waals surface area contributed by atoms with Crippen molar-refractivity contribution in [2.45, 2.75) is 5.54 Å². The predicted molar refractivity (Wildman–Crippen MR) is 95.6 cm³/mol. The first kappa shape index (κ1) is 20.7. The van der Waals surface area contributed by atoms with Gasteiger partial charge in [0.05, 0.1) is 0 Å². The van der Waals surface area contributed by atoms with Gasteiger partial charge in [0.15, 0.2) is 0 Å². The Morgan fingerprint density at radius 1 is 0.846 bits per heavy atom. The molecule has 0 radical (unpaired) electrons. The zero-order valence-corrected chi connectivity index (χ0v) is 17.4. The number of benzene rings is 3. The van der Waals surface area contributed by atoms with E-state index in [1.54, 1.807) is 42.5 Å². The second-order valence-electron chi connectivity index (χ2n) is 5.56. The van der Waals surface area contributed by atoms with E-state index in [0.717, 1.165) is 5.56 Å². The molecular formula is C21H15FKN2O-. The van der Waals surface area contributed by atoms with Crippen LogP contribution in [-0.4, -0.2) is 12.6 Å². The molecule has 0 spiro atoms. The Morgan fingerprint density at radius 3 is 2.08 bits per heavy atom. The Balaban J connectivity index is 0.00000243. The van der Waals surface area contributed by atoms with Gasteiger partial charge in [0.1, 0.15) is 5.82 Å². The molecule has 26 heavy (non-hydrogen) atoms. The zero-order valence-electron chi connectivity index (χ0n) is 14.3. The molecule has 124 valence electrons. The summed E-state index contributed by atoms with van der Waals surface area (Å²) in [6, 6.07) is 22.5. The van der Waals surface area contributed by atoms with Crippen molar-refractivity contribution < 1.29 is 60.6 Å². The maximum Gasteiger partial charge on any atom is 1.00 e. The van der Waals surface area contributed by atoms with Gasteiger partial charge in [-0.3, -0.25) is 0 Å². The van der Waals surface area contributed by atoms with Crippen LogP contribution in [0.4, 0.5) is 4.39 Å². The van der Waals surface area contributed by atoms with Gasteiger partial charge in [-0.05, 0) is 39.9 Å². The van der Waals surface area contributed by atoms with Gasteiger partial charge in [-0.1, -0.05) is 66.7 Å². The number of carbonyl (C=O) groups excluding carboxylic acids is 1. The quantitative estimate of drug-likeness (QED) is 0.223. The van der Waals surface area contributed by atoms with Crippen LogP contribution in [0.3, 0.4) is 0 Å². The summed E-state index contributed by atoms with van der Waals surface area (Å²) in [4.78, 5) is 11.9. The fourth-order valence-corrected chi connectivity index (χ4v) is 2.84. The second-order valence-corrected chi connectivity index (χ2v) is 5.56. The monoisotopic (exact) mass is 369 g/mol. The van der Waals surface area contributed by atoms with E-state index >= 15 is 0 Å². The number of hydrogen-bond acceptors (Lipinski definition) is 2. The molecule has 0 aromatic heterocycles. The molecule has 3 nitrogen and oxygen atoms in total. The maximum absolute atomic E-state index is 13.5. The molecule has 0 heterocycles. The van der Waals surface area contributed by atoms with E-state index in [0.29, 0.717) is 16.7 Å². The molecule has 0 fully saturated rings. The smallest absolute Gasteiger partial charge is 0.560 e. The molecule has 0 aliphatic rings. The zero-order chi connectivity index (χ0) is 17.7. The topological polar surface area (TPSA) is 53.0 Å². The summed E-state index contributed by atoms with van der Waals surface area (Å²) in [5.41, 5.74) is 1.34. The summed E-state index contributed by atoms with van der Waals surface area (Å²) in [6.07, 6.45) is 4.12. The van der Waals surface area contributed by atoms with E-state index in [9.17, 15) is 9.18 Å². The first-order chi connectivity index (χ1) is 12.2. The molecule has 0 saturated heterocycles. The molecule has 0 aliphatic carbocycles. The number of nitrogens with one attached hydrogen (secondary N) is 2. The largest absolute Gasteiger partial charge is 1.00 e. The van der Waals surface area contributed by atoms with Crippen LogP contribution in [-0.2, 0) is 10.3 Å². The van der Waals surface area contributed by atoms with Crippen molar-refractivity contribution in [3.63, 3.8) is 0 Å². The minimum atomic E-state index is -1.35. The summed E-state index contributed by atoms with van der Waals surface area (Å²) in [5.74, 6) is -0.329. The van der Waals surface area contributed by atoms with Crippen LogP contribution in [0.25, 0.3) is 11.1 Å². The number of rotatable bonds is 6. The van der Waals surface area contributed by atoms with Crippen LogP contribution in [0.2, 0.25) is 0 Å². The summed E-state index contributed by atoms with van der Waals surface area (Å²) in [6.45, 7) is 0. The molecule has 1 atom stereocenters. The van der Waals surface area contributed by atoms with Gasteiger partial charge in [-0.15, -0.1) is 0 Å². The molecule has 1 unspecified atom stereocenters. The standard InChI is InChI=1S/C21H15FN2O.K/c22-20-11-5-7-17(13-20)16-6-4-10-19(12-16)21(14-25,24-15-23)18-8-2-1-3-9-18;/h1-13H,(H2,23,24);/q-2;+1. The Kier molecular flexibility index (Phi) is 7.43. The average Bonchev–Trinajstić information content (AvgIpc) is 2.67. The van der Waals surface area contributed by atoms with Crippen LogP contribution in [0.15, 0.2) is 78.9 Å². The van der Waals surface area contributed by atoms with Crippen molar-refractivity contribution in [2.24, 2.45) is 0 Å². The van der Waals surface area contributed by atoms with Crippen molar-refractivity contribution in [2.75, 3.05) is 0 Å². The summed E-state index contributed by atoms with van der Waals surface area (Å²) < 4.78 is 13.5. The Morgan fingerprint density at radius 2 is 1.46 bits per heavy atom. The molecular weight excluding hydrogens is 354 g/mol. The van der Waals surface area contributed by atoms with Gasteiger partial charge in [-0.2, -0.15) is 0 Å². The van der Waals surface area contributed by atoms with Crippen molar-refractivity contribution in [3.8, 4) is 11.1 Å². The maximum atomic E-state index is 13.5. The van der Waals surface area contributed by atoms with Crippen LogP contribution >= 0.6 is 0 Å². The van der Waals surface area contributed by atoms with Gasteiger partial charge >= 0.3 is 51.4 Å². The van der Waals surface area contributed by atoms with E-state index in [-0.39, 0.29) is 57.2 Å². The summed E-state index contributed by atoms with van der Waals surface area (Å²) in [7, 11) is 0. The second kappa shape index (κ2) is 9.35. The van der Waals surface area contributed by atoms with Crippen LogP contribution < -0.4 is 56.7 Å². The number of halogens is 1. The predicted octanol–water partition coefficient (Wildman–Crippen LogP) is 0.924. The SMILES string of the molecule is N=[C-]NC([C-]=O)(c1ccccc1)c1cccc(-c2cccc(F)c2)c1.[K+]. The molecule has 3 aromatic rings. The van der Waals surface area contributed by atoms with Gasteiger partial charge in [0, 0.05) is 0 Å². The van der Waals surface area contributed by atoms with Crippen molar-refractivity contribution in [1.82, 2.24) is 5.32 Å². The van der Waals surface area contributed by atoms with E-state index in [4.69, 9.17) is 5.41 Å². The minimum Gasteiger partial charge on any atom is -0.560 e. The molecule has 0 amide bonds. The third-order valence-corrected chi connectivity index (χ3v) is 4.06. The first-order valence-corrected chi connectivity index (χ1v) is 7.70. The average molecular weight is 369 g/mol. The normalized spacial score (nSPS) is 12.3. The van der Waals surface area contributed by atoms with Crippen LogP contribution in [0.5, 0.6) is 0 Å². The Hall–Kier alpha value is -1.63. The van der Waals surface area contributed by atoms with Gasteiger partial charge in [0.2, 0.25) is 0 Å². The first-order valence-electron chi connectivity index (χ1n) is 7.70.